The molecule has 2 rings (SSSR count). The van der Waals surface area contributed by atoms with Gasteiger partial charge < -0.3 is 10.2 Å². The maximum absolute atomic E-state index is 12.2. The van der Waals surface area contributed by atoms with Crippen LogP contribution >= 0.6 is 0 Å². The average molecular weight is 229 g/mol. The number of nitrogens with zero attached hydrogens (tertiary/aromatic N) is 2. The number of piperazine rings is 1. The highest BCUT2D eigenvalue weighted by atomic mass is 16.2. The smallest absolute Gasteiger partial charge is 0.254 e. The number of hydrogen-bond acceptors (Lipinski definition) is 3. The maximum atomic E-state index is 12.2. The summed E-state index contributed by atoms with van der Waals surface area (Å²) in [6.45, 7) is 4.45. The second-order valence-electron chi connectivity index (χ2n) is 4.24. The van der Waals surface area contributed by atoms with Crippen LogP contribution in [0.3, 0.4) is 0 Å². The van der Waals surface area contributed by atoms with Crippen molar-refractivity contribution in [1.82, 2.24) is 10.2 Å². The van der Waals surface area contributed by atoms with Gasteiger partial charge in [0.05, 0.1) is 11.6 Å². The summed E-state index contributed by atoms with van der Waals surface area (Å²) < 4.78 is 0. The van der Waals surface area contributed by atoms with Crippen LogP contribution in [0.5, 0.6) is 0 Å². The number of benzene rings is 1. The Kier molecular flexibility index (Phi) is 3.40. The first kappa shape index (κ1) is 11.6. The van der Waals surface area contributed by atoms with Crippen molar-refractivity contribution < 1.29 is 4.79 Å². The van der Waals surface area contributed by atoms with Crippen molar-refractivity contribution in [1.29, 1.82) is 5.26 Å². The third-order valence-corrected chi connectivity index (χ3v) is 3.02. The SMILES string of the molecule is C[C@@H]1CNCCN1C(=O)c1ccc(C#N)cc1. The molecule has 1 saturated heterocycles. The topological polar surface area (TPSA) is 56.1 Å². The number of rotatable bonds is 1. The lowest BCUT2D eigenvalue weighted by Crippen LogP contribution is -2.52. The van der Waals surface area contributed by atoms with E-state index in [0.29, 0.717) is 11.1 Å². The maximum Gasteiger partial charge on any atom is 0.254 e. The summed E-state index contributed by atoms with van der Waals surface area (Å²) in [5, 5.41) is 12.0. The lowest BCUT2D eigenvalue weighted by molar-refractivity contribution is 0.0656. The minimum atomic E-state index is 0.0449. The van der Waals surface area contributed by atoms with E-state index < -0.39 is 0 Å². The summed E-state index contributed by atoms with van der Waals surface area (Å²) in [6.07, 6.45) is 0. The fourth-order valence-corrected chi connectivity index (χ4v) is 2.00. The van der Waals surface area contributed by atoms with Crippen LogP contribution in [-0.4, -0.2) is 36.5 Å². The Labute approximate surface area is 101 Å². The van der Waals surface area contributed by atoms with Crippen molar-refractivity contribution in [3.05, 3.63) is 35.4 Å². The third-order valence-electron chi connectivity index (χ3n) is 3.02. The summed E-state index contributed by atoms with van der Waals surface area (Å²) in [5.74, 6) is 0.0449. The van der Waals surface area contributed by atoms with E-state index in [1.165, 1.54) is 0 Å². The molecule has 4 heteroatoms. The van der Waals surface area contributed by atoms with Gasteiger partial charge >= 0.3 is 0 Å². The van der Waals surface area contributed by atoms with Crippen LogP contribution in [-0.2, 0) is 0 Å². The zero-order valence-corrected chi connectivity index (χ0v) is 9.81. The molecule has 1 fully saturated rings. The Morgan fingerprint density at radius 1 is 1.47 bits per heavy atom. The lowest BCUT2D eigenvalue weighted by Gasteiger charge is -2.34. The minimum Gasteiger partial charge on any atom is -0.333 e. The summed E-state index contributed by atoms with van der Waals surface area (Å²) in [7, 11) is 0. The number of nitriles is 1. The van der Waals surface area contributed by atoms with Crippen LogP contribution in [0.25, 0.3) is 0 Å². The molecule has 0 unspecified atom stereocenters. The molecule has 1 aliphatic rings. The lowest BCUT2D eigenvalue weighted by atomic mass is 10.1. The van der Waals surface area contributed by atoms with Gasteiger partial charge in [0, 0.05) is 31.2 Å². The standard InChI is InChI=1S/C13H15N3O/c1-10-9-15-6-7-16(10)13(17)12-4-2-11(8-14)3-5-12/h2-5,10,15H,6-7,9H2,1H3/t10-/m1/s1. The second-order valence-corrected chi connectivity index (χ2v) is 4.24. The number of amides is 1. The van der Waals surface area contributed by atoms with Gasteiger partial charge in [0.2, 0.25) is 0 Å². The average Bonchev–Trinajstić information content (AvgIpc) is 2.39. The van der Waals surface area contributed by atoms with Crippen molar-refractivity contribution in [2.75, 3.05) is 19.6 Å². The van der Waals surface area contributed by atoms with Gasteiger partial charge in [-0.05, 0) is 31.2 Å². The highest BCUT2D eigenvalue weighted by molar-refractivity contribution is 5.94. The first-order valence-corrected chi connectivity index (χ1v) is 5.74. The molecule has 1 aliphatic heterocycles. The van der Waals surface area contributed by atoms with Gasteiger partial charge in [-0.2, -0.15) is 5.26 Å². The number of carbonyl (C=O) groups excluding carboxylic acids is 1. The normalized spacial score (nSPS) is 19.8. The Bertz CT molecular complexity index is 447. The van der Waals surface area contributed by atoms with E-state index in [9.17, 15) is 4.79 Å². The van der Waals surface area contributed by atoms with Gasteiger partial charge in [-0.1, -0.05) is 0 Å². The summed E-state index contributed by atoms with van der Waals surface area (Å²) >= 11 is 0. The van der Waals surface area contributed by atoms with Crippen molar-refractivity contribution in [2.45, 2.75) is 13.0 Å². The van der Waals surface area contributed by atoms with Crippen LogP contribution < -0.4 is 5.32 Å². The summed E-state index contributed by atoms with van der Waals surface area (Å²) in [4.78, 5) is 14.1. The van der Waals surface area contributed by atoms with Crippen molar-refractivity contribution in [2.24, 2.45) is 0 Å². The molecule has 4 nitrogen and oxygen atoms in total. The van der Waals surface area contributed by atoms with Gasteiger partial charge in [0.1, 0.15) is 0 Å². The molecule has 0 radical (unpaired) electrons. The Balaban J connectivity index is 2.15. The van der Waals surface area contributed by atoms with Crippen LogP contribution in [0.2, 0.25) is 0 Å². The van der Waals surface area contributed by atoms with Crippen LogP contribution in [0.4, 0.5) is 0 Å². The fourth-order valence-electron chi connectivity index (χ4n) is 2.00. The van der Waals surface area contributed by atoms with Gasteiger partial charge in [-0.25, -0.2) is 0 Å². The first-order chi connectivity index (χ1) is 8.22. The Morgan fingerprint density at radius 2 is 2.18 bits per heavy atom. The van der Waals surface area contributed by atoms with E-state index in [2.05, 4.69) is 5.32 Å². The molecule has 1 heterocycles. The second kappa shape index (κ2) is 4.98. The predicted octanol–water partition coefficient (Wildman–Crippen LogP) is 0.992. The largest absolute Gasteiger partial charge is 0.333 e. The molecular weight excluding hydrogens is 214 g/mol. The van der Waals surface area contributed by atoms with Crippen LogP contribution in [0.1, 0.15) is 22.8 Å². The van der Waals surface area contributed by atoms with Crippen molar-refractivity contribution >= 4 is 5.91 Å². The molecule has 1 aromatic rings. The molecule has 1 N–H and O–H groups in total. The van der Waals surface area contributed by atoms with Gasteiger partial charge in [-0.3, -0.25) is 4.79 Å². The Hall–Kier alpha value is -1.86. The first-order valence-electron chi connectivity index (χ1n) is 5.74. The molecule has 1 atom stereocenters. The van der Waals surface area contributed by atoms with Crippen molar-refractivity contribution in [3.63, 3.8) is 0 Å². The molecule has 88 valence electrons. The van der Waals surface area contributed by atoms with E-state index in [-0.39, 0.29) is 11.9 Å². The molecule has 17 heavy (non-hydrogen) atoms. The van der Waals surface area contributed by atoms with Crippen LogP contribution in [0, 0.1) is 11.3 Å². The summed E-state index contributed by atoms with van der Waals surface area (Å²) in [5.41, 5.74) is 1.23. The molecule has 0 spiro atoms. The molecule has 1 amide bonds. The predicted molar refractivity (Wildman–Crippen MR) is 64.5 cm³/mol. The molecule has 1 aromatic carbocycles. The third kappa shape index (κ3) is 2.45. The van der Waals surface area contributed by atoms with E-state index in [4.69, 9.17) is 5.26 Å². The van der Waals surface area contributed by atoms with E-state index in [1.807, 2.05) is 17.9 Å². The molecule has 0 saturated carbocycles. The van der Waals surface area contributed by atoms with Crippen LogP contribution in [0.15, 0.2) is 24.3 Å². The van der Waals surface area contributed by atoms with Gasteiger partial charge in [0.15, 0.2) is 0 Å². The zero-order valence-electron chi connectivity index (χ0n) is 9.81. The molecule has 0 aromatic heterocycles. The number of nitrogens with one attached hydrogen (secondary N) is 1. The van der Waals surface area contributed by atoms with Gasteiger partial charge in [0.25, 0.3) is 5.91 Å². The minimum absolute atomic E-state index is 0.0449. The fraction of sp³-hybridized carbons (Fsp3) is 0.385. The molecule has 0 bridgehead atoms. The quantitative estimate of drug-likeness (QED) is 0.781. The highest BCUT2D eigenvalue weighted by Gasteiger charge is 2.23. The van der Waals surface area contributed by atoms with E-state index >= 15 is 0 Å². The molecular formula is C13H15N3O. The number of hydrogen-bond donors (Lipinski definition) is 1. The monoisotopic (exact) mass is 229 g/mol. The number of carbonyl (C=O) groups is 1. The van der Waals surface area contributed by atoms with Gasteiger partial charge in [-0.15, -0.1) is 0 Å². The zero-order chi connectivity index (χ0) is 12.3. The summed E-state index contributed by atoms with van der Waals surface area (Å²) in [6, 6.07) is 9.06. The van der Waals surface area contributed by atoms with E-state index in [0.717, 1.165) is 19.6 Å². The molecule has 0 aliphatic carbocycles. The Morgan fingerprint density at radius 3 is 2.76 bits per heavy atom. The van der Waals surface area contributed by atoms with Crippen molar-refractivity contribution in [3.8, 4) is 6.07 Å². The van der Waals surface area contributed by atoms with E-state index in [1.54, 1.807) is 24.3 Å². The highest BCUT2D eigenvalue weighted by Crippen LogP contribution is 2.11.